The van der Waals surface area contributed by atoms with E-state index in [1.165, 1.54) is 0 Å². The number of benzene rings is 2. The van der Waals surface area contributed by atoms with Gasteiger partial charge in [0, 0.05) is 5.69 Å². The van der Waals surface area contributed by atoms with Gasteiger partial charge in [0.2, 0.25) is 0 Å². The van der Waals surface area contributed by atoms with E-state index < -0.39 is 12.0 Å². The maximum absolute atomic E-state index is 11.4. The molecule has 0 aliphatic heterocycles. The minimum absolute atomic E-state index is 0.729. The Morgan fingerprint density at radius 1 is 1.06 bits per heavy atom. The Bertz CT molecular complexity index is 537. The molecule has 92 valence electrons. The predicted octanol–water partition coefficient (Wildman–Crippen LogP) is 3.23. The summed E-state index contributed by atoms with van der Waals surface area (Å²) in [6.45, 7) is 1.95. The van der Waals surface area contributed by atoms with Crippen LogP contribution in [0.3, 0.4) is 0 Å². The van der Waals surface area contributed by atoms with Crippen LogP contribution < -0.4 is 5.32 Å². The van der Waals surface area contributed by atoms with Crippen molar-refractivity contribution in [2.45, 2.75) is 13.0 Å². The molecule has 3 heteroatoms. The molecule has 2 aromatic rings. The number of rotatable bonds is 4. The molecule has 2 rings (SSSR count). The topological polar surface area (TPSA) is 49.3 Å². The molecule has 0 bridgehead atoms. The Hall–Kier alpha value is -2.29. The number of carboxylic acids is 1. The van der Waals surface area contributed by atoms with Crippen molar-refractivity contribution in [1.82, 2.24) is 0 Å². The molecular weight excluding hydrogens is 226 g/mol. The predicted molar refractivity (Wildman–Crippen MR) is 71.6 cm³/mol. The number of anilines is 1. The lowest BCUT2D eigenvalue weighted by Gasteiger charge is -2.17. The third-order valence-corrected chi connectivity index (χ3v) is 2.82. The van der Waals surface area contributed by atoms with Crippen molar-refractivity contribution in [3.8, 4) is 0 Å². The van der Waals surface area contributed by atoms with Gasteiger partial charge in [0.25, 0.3) is 0 Å². The highest BCUT2D eigenvalue weighted by molar-refractivity contribution is 5.79. The lowest BCUT2D eigenvalue weighted by Crippen LogP contribution is -2.20. The molecule has 0 unspecified atom stereocenters. The smallest absolute Gasteiger partial charge is 0.330 e. The molecule has 0 fully saturated rings. The molecule has 0 spiro atoms. The monoisotopic (exact) mass is 241 g/mol. The van der Waals surface area contributed by atoms with Crippen molar-refractivity contribution in [3.63, 3.8) is 0 Å². The molecule has 0 aliphatic carbocycles. The highest BCUT2D eigenvalue weighted by atomic mass is 16.4. The summed E-state index contributed by atoms with van der Waals surface area (Å²) >= 11 is 0. The fourth-order valence-electron chi connectivity index (χ4n) is 1.82. The summed E-state index contributed by atoms with van der Waals surface area (Å²) in [7, 11) is 0. The maximum Gasteiger partial charge on any atom is 0.330 e. The molecular formula is C15H15NO2. The molecule has 0 saturated heterocycles. The number of aryl methyl sites for hydroxylation is 1. The van der Waals surface area contributed by atoms with Gasteiger partial charge in [-0.05, 0) is 24.1 Å². The van der Waals surface area contributed by atoms with Crippen LogP contribution in [-0.2, 0) is 4.79 Å². The molecule has 0 amide bonds. The number of carbonyl (C=O) groups is 1. The highest BCUT2D eigenvalue weighted by Crippen LogP contribution is 2.22. The van der Waals surface area contributed by atoms with E-state index in [0.717, 1.165) is 16.8 Å². The van der Waals surface area contributed by atoms with Crippen LogP contribution in [0.4, 0.5) is 5.69 Å². The minimum Gasteiger partial charge on any atom is -0.479 e. The zero-order valence-corrected chi connectivity index (χ0v) is 10.1. The number of para-hydroxylation sites is 1. The molecule has 0 radical (unpaired) electrons. The van der Waals surface area contributed by atoms with Crippen molar-refractivity contribution in [2.24, 2.45) is 0 Å². The molecule has 0 aromatic heterocycles. The van der Waals surface area contributed by atoms with E-state index in [9.17, 15) is 9.90 Å². The van der Waals surface area contributed by atoms with E-state index >= 15 is 0 Å². The van der Waals surface area contributed by atoms with Gasteiger partial charge < -0.3 is 10.4 Å². The highest BCUT2D eigenvalue weighted by Gasteiger charge is 2.19. The lowest BCUT2D eigenvalue weighted by molar-refractivity contribution is -0.138. The first-order chi connectivity index (χ1) is 8.68. The van der Waals surface area contributed by atoms with Crippen LogP contribution in [0.25, 0.3) is 0 Å². The van der Waals surface area contributed by atoms with Gasteiger partial charge in [-0.25, -0.2) is 4.79 Å². The standard InChI is InChI=1S/C15H15NO2/c1-11-7-5-6-10-13(11)16-14(15(17)18)12-8-3-2-4-9-12/h2-10,14,16H,1H3,(H,17,18)/t14-/m1/s1. The number of nitrogens with one attached hydrogen (secondary N) is 1. The average molecular weight is 241 g/mol. The van der Waals surface area contributed by atoms with Crippen LogP contribution >= 0.6 is 0 Å². The van der Waals surface area contributed by atoms with Crippen molar-refractivity contribution in [2.75, 3.05) is 5.32 Å². The van der Waals surface area contributed by atoms with Gasteiger partial charge in [0.05, 0.1) is 0 Å². The summed E-state index contributed by atoms with van der Waals surface area (Å²) in [5.41, 5.74) is 2.61. The van der Waals surface area contributed by atoms with Crippen LogP contribution in [0.5, 0.6) is 0 Å². The SMILES string of the molecule is Cc1ccccc1N[C@@H](C(=O)O)c1ccccc1. The summed E-state index contributed by atoms with van der Waals surface area (Å²) in [5, 5.41) is 12.4. The summed E-state index contributed by atoms with van der Waals surface area (Å²) in [5.74, 6) is -0.885. The number of aliphatic carboxylic acids is 1. The second-order valence-corrected chi connectivity index (χ2v) is 4.14. The lowest BCUT2D eigenvalue weighted by atomic mass is 10.1. The fourth-order valence-corrected chi connectivity index (χ4v) is 1.82. The van der Waals surface area contributed by atoms with Crippen LogP contribution in [0.15, 0.2) is 54.6 Å². The number of hydrogen-bond donors (Lipinski definition) is 2. The third kappa shape index (κ3) is 2.69. The Labute approximate surface area is 106 Å². The summed E-state index contributed by atoms with van der Waals surface area (Å²) < 4.78 is 0. The first kappa shape index (κ1) is 12.2. The maximum atomic E-state index is 11.4. The molecule has 18 heavy (non-hydrogen) atoms. The summed E-state index contributed by atoms with van der Waals surface area (Å²) in [6, 6.07) is 16.1. The zero-order valence-electron chi connectivity index (χ0n) is 10.1. The first-order valence-corrected chi connectivity index (χ1v) is 5.78. The Morgan fingerprint density at radius 3 is 2.28 bits per heavy atom. The van der Waals surface area contributed by atoms with Gasteiger partial charge in [0.15, 0.2) is 6.04 Å². The van der Waals surface area contributed by atoms with Crippen LogP contribution in [0.1, 0.15) is 17.2 Å². The summed E-state index contributed by atoms with van der Waals surface area (Å²) in [6.07, 6.45) is 0. The van der Waals surface area contributed by atoms with Gasteiger partial charge in [-0.1, -0.05) is 48.5 Å². The Morgan fingerprint density at radius 2 is 1.67 bits per heavy atom. The molecule has 3 nitrogen and oxygen atoms in total. The average Bonchev–Trinajstić information content (AvgIpc) is 2.38. The van der Waals surface area contributed by atoms with Gasteiger partial charge in [-0.15, -0.1) is 0 Å². The van der Waals surface area contributed by atoms with E-state index in [1.807, 2.05) is 61.5 Å². The zero-order chi connectivity index (χ0) is 13.0. The second-order valence-electron chi connectivity index (χ2n) is 4.14. The van der Waals surface area contributed by atoms with E-state index in [-0.39, 0.29) is 0 Å². The largest absolute Gasteiger partial charge is 0.479 e. The molecule has 1 atom stereocenters. The number of carboxylic acid groups (broad SMARTS) is 1. The van der Waals surface area contributed by atoms with Crippen molar-refractivity contribution in [3.05, 3.63) is 65.7 Å². The van der Waals surface area contributed by atoms with Gasteiger partial charge in [-0.2, -0.15) is 0 Å². The van der Waals surface area contributed by atoms with E-state index in [0.29, 0.717) is 0 Å². The van der Waals surface area contributed by atoms with E-state index in [1.54, 1.807) is 0 Å². The van der Waals surface area contributed by atoms with Crippen molar-refractivity contribution >= 4 is 11.7 Å². The first-order valence-electron chi connectivity index (χ1n) is 5.78. The van der Waals surface area contributed by atoms with Gasteiger partial charge in [-0.3, -0.25) is 0 Å². The third-order valence-electron chi connectivity index (χ3n) is 2.82. The molecule has 0 aliphatic rings. The minimum atomic E-state index is -0.885. The van der Waals surface area contributed by atoms with E-state index in [2.05, 4.69) is 5.32 Å². The molecule has 2 N–H and O–H groups in total. The Kier molecular flexibility index (Phi) is 3.63. The second kappa shape index (κ2) is 5.36. The van der Waals surface area contributed by atoms with Crippen LogP contribution in [-0.4, -0.2) is 11.1 Å². The molecule has 0 saturated carbocycles. The van der Waals surface area contributed by atoms with Crippen LogP contribution in [0, 0.1) is 6.92 Å². The normalized spacial score (nSPS) is 11.8. The van der Waals surface area contributed by atoms with Gasteiger partial charge in [0.1, 0.15) is 0 Å². The molecule has 0 heterocycles. The van der Waals surface area contributed by atoms with E-state index in [4.69, 9.17) is 0 Å². The Balaban J connectivity index is 2.28. The van der Waals surface area contributed by atoms with Gasteiger partial charge >= 0.3 is 5.97 Å². The quantitative estimate of drug-likeness (QED) is 0.864. The molecule has 2 aromatic carbocycles. The van der Waals surface area contributed by atoms with Crippen LogP contribution in [0.2, 0.25) is 0 Å². The summed E-state index contributed by atoms with van der Waals surface area (Å²) in [4.78, 5) is 11.4. The van der Waals surface area contributed by atoms with Crippen molar-refractivity contribution in [1.29, 1.82) is 0 Å². The fraction of sp³-hybridized carbons (Fsp3) is 0.133. The van der Waals surface area contributed by atoms with Crippen molar-refractivity contribution < 1.29 is 9.90 Å². The number of hydrogen-bond acceptors (Lipinski definition) is 2.